The van der Waals surface area contributed by atoms with Crippen LogP contribution in [-0.4, -0.2) is 71.8 Å². The summed E-state index contributed by atoms with van der Waals surface area (Å²) in [6.07, 6.45) is 4.67. The molecular formula is C30H30FN5O3. The molecular weight excluding hydrogens is 497 g/mol. The number of anilines is 2. The number of nitrogens with zero attached hydrogens (tertiary/aromatic N) is 5. The van der Waals surface area contributed by atoms with E-state index in [1.807, 2.05) is 34.1 Å². The number of para-hydroxylation sites is 1. The molecule has 3 amide bonds. The summed E-state index contributed by atoms with van der Waals surface area (Å²) >= 11 is 0. The molecule has 3 aromatic rings. The Kier molecular flexibility index (Phi) is 6.72. The number of amides is 3. The molecule has 1 aromatic heterocycles. The van der Waals surface area contributed by atoms with Gasteiger partial charge in [-0.05, 0) is 48.7 Å². The lowest BCUT2D eigenvalue weighted by molar-refractivity contribution is -0.136. The highest BCUT2D eigenvalue weighted by Crippen LogP contribution is 2.35. The van der Waals surface area contributed by atoms with Crippen LogP contribution in [0.3, 0.4) is 0 Å². The monoisotopic (exact) mass is 527 g/mol. The lowest BCUT2D eigenvalue weighted by Gasteiger charge is -2.40. The van der Waals surface area contributed by atoms with Gasteiger partial charge in [0.1, 0.15) is 5.82 Å². The Morgan fingerprint density at radius 2 is 1.54 bits per heavy atom. The van der Waals surface area contributed by atoms with Gasteiger partial charge in [0.25, 0.3) is 11.8 Å². The molecule has 0 aliphatic carbocycles. The molecule has 2 fully saturated rings. The minimum atomic E-state index is -0.291. The molecule has 0 saturated carbocycles. The zero-order chi connectivity index (χ0) is 26.9. The Morgan fingerprint density at radius 3 is 2.26 bits per heavy atom. The fourth-order valence-electron chi connectivity index (χ4n) is 5.90. The van der Waals surface area contributed by atoms with E-state index in [1.165, 1.54) is 11.0 Å². The second kappa shape index (κ2) is 10.5. The summed E-state index contributed by atoms with van der Waals surface area (Å²) in [5, 5.41) is 0. The average molecular weight is 528 g/mol. The van der Waals surface area contributed by atoms with E-state index in [0.717, 1.165) is 11.3 Å². The van der Waals surface area contributed by atoms with Crippen molar-refractivity contribution in [2.75, 3.05) is 49.1 Å². The van der Waals surface area contributed by atoms with Gasteiger partial charge in [0, 0.05) is 57.6 Å². The molecule has 8 nitrogen and oxygen atoms in total. The first-order chi connectivity index (χ1) is 19.0. The van der Waals surface area contributed by atoms with Crippen LogP contribution in [0.15, 0.2) is 67.0 Å². The van der Waals surface area contributed by atoms with E-state index in [1.54, 1.807) is 36.7 Å². The van der Waals surface area contributed by atoms with Crippen molar-refractivity contribution >= 4 is 29.1 Å². The minimum absolute atomic E-state index is 0.0857. The molecule has 6 rings (SSSR count). The number of piperazine rings is 1. The van der Waals surface area contributed by atoms with Gasteiger partial charge in [-0.2, -0.15) is 0 Å². The normalized spacial score (nSPS) is 18.1. The fourth-order valence-corrected chi connectivity index (χ4v) is 5.90. The molecule has 4 heterocycles. The Labute approximate surface area is 226 Å². The van der Waals surface area contributed by atoms with Crippen LogP contribution in [0, 0.1) is 11.7 Å². The van der Waals surface area contributed by atoms with Crippen LogP contribution in [0.4, 0.5) is 15.8 Å². The summed E-state index contributed by atoms with van der Waals surface area (Å²) in [5.41, 5.74) is 3.00. The Morgan fingerprint density at radius 1 is 0.821 bits per heavy atom. The quantitative estimate of drug-likeness (QED) is 0.472. The molecule has 3 aliphatic rings. The summed E-state index contributed by atoms with van der Waals surface area (Å²) in [6.45, 7) is 3.80. The third-order valence-electron chi connectivity index (χ3n) is 8.01. The van der Waals surface area contributed by atoms with Crippen molar-refractivity contribution in [2.45, 2.75) is 19.4 Å². The Bertz CT molecular complexity index is 1400. The van der Waals surface area contributed by atoms with Crippen LogP contribution in [0.1, 0.15) is 39.1 Å². The molecule has 200 valence electrons. The summed E-state index contributed by atoms with van der Waals surface area (Å²) in [4.78, 5) is 51.2. The third-order valence-corrected chi connectivity index (χ3v) is 8.01. The second-order valence-corrected chi connectivity index (χ2v) is 10.3. The summed E-state index contributed by atoms with van der Waals surface area (Å²) in [7, 11) is 0. The third kappa shape index (κ3) is 4.73. The number of carbonyl (C=O) groups is 3. The number of hydrogen-bond donors (Lipinski definition) is 0. The van der Waals surface area contributed by atoms with Crippen molar-refractivity contribution in [3.8, 4) is 0 Å². The summed E-state index contributed by atoms with van der Waals surface area (Å²) in [5.74, 6) is -0.759. The predicted octanol–water partition coefficient (Wildman–Crippen LogP) is 3.58. The zero-order valence-corrected chi connectivity index (χ0v) is 21.6. The number of benzene rings is 2. The molecule has 0 atom stereocenters. The van der Waals surface area contributed by atoms with Crippen molar-refractivity contribution in [1.82, 2.24) is 14.8 Å². The predicted molar refractivity (Wildman–Crippen MR) is 145 cm³/mol. The number of rotatable bonds is 5. The second-order valence-electron chi connectivity index (χ2n) is 10.3. The summed E-state index contributed by atoms with van der Waals surface area (Å²) < 4.78 is 14.2. The number of halogens is 1. The van der Waals surface area contributed by atoms with Crippen LogP contribution in [0.5, 0.6) is 0 Å². The lowest BCUT2D eigenvalue weighted by atomic mass is 9.93. The van der Waals surface area contributed by atoms with Crippen molar-refractivity contribution in [3.05, 3.63) is 89.5 Å². The minimum Gasteiger partial charge on any atom is -0.371 e. The first kappa shape index (κ1) is 25.0. The maximum atomic E-state index is 14.2. The molecule has 0 N–H and O–H groups in total. The van der Waals surface area contributed by atoms with Gasteiger partial charge in [0.15, 0.2) is 0 Å². The molecule has 2 aromatic carbocycles. The fraction of sp³-hybridized carbons (Fsp3) is 0.333. The molecule has 39 heavy (non-hydrogen) atoms. The van der Waals surface area contributed by atoms with Crippen LogP contribution in [0.2, 0.25) is 0 Å². The molecule has 0 unspecified atom stereocenters. The smallest absolute Gasteiger partial charge is 0.263 e. The number of hydrogen-bond acceptors (Lipinski definition) is 6. The highest BCUT2D eigenvalue weighted by molar-refractivity contribution is 6.23. The summed E-state index contributed by atoms with van der Waals surface area (Å²) in [6, 6.07) is 15.8. The van der Waals surface area contributed by atoms with E-state index in [0.29, 0.717) is 68.9 Å². The van der Waals surface area contributed by atoms with E-state index >= 15 is 0 Å². The van der Waals surface area contributed by atoms with Crippen LogP contribution < -0.4 is 9.80 Å². The van der Waals surface area contributed by atoms with E-state index in [9.17, 15) is 18.8 Å². The van der Waals surface area contributed by atoms with E-state index < -0.39 is 0 Å². The Balaban J connectivity index is 1.08. The number of pyridine rings is 1. The largest absolute Gasteiger partial charge is 0.371 e. The van der Waals surface area contributed by atoms with Crippen LogP contribution in [0.25, 0.3) is 0 Å². The van der Waals surface area contributed by atoms with E-state index in [2.05, 4.69) is 9.88 Å². The average Bonchev–Trinajstić information content (AvgIpc) is 3.23. The van der Waals surface area contributed by atoms with Gasteiger partial charge in [-0.3, -0.25) is 24.3 Å². The number of carbonyl (C=O) groups excluding carboxylic acids is 3. The number of fused-ring (bicyclic) bond motifs is 1. The molecule has 0 spiro atoms. The van der Waals surface area contributed by atoms with Gasteiger partial charge in [0.05, 0.1) is 29.0 Å². The van der Waals surface area contributed by atoms with Gasteiger partial charge in [-0.15, -0.1) is 0 Å². The molecule has 0 radical (unpaired) electrons. The molecule has 2 saturated heterocycles. The highest BCUT2D eigenvalue weighted by atomic mass is 19.1. The maximum absolute atomic E-state index is 14.2. The molecule has 9 heteroatoms. The van der Waals surface area contributed by atoms with Gasteiger partial charge in [-0.25, -0.2) is 4.39 Å². The van der Waals surface area contributed by atoms with Crippen molar-refractivity contribution in [1.29, 1.82) is 0 Å². The highest BCUT2D eigenvalue weighted by Gasteiger charge is 2.39. The zero-order valence-electron chi connectivity index (χ0n) is 21.6. The first-order valence-corrected chi connectivity index (χ1v) is 13.4. The molecule has 0 bridgehead atoms. The van der Waals surface area contributed by atoms with Crippen molar-refractivity contribution < 1.29 is 18.8 Å². The number of piperidine rings is 1. The van der Waals surface area contributed by atoms with Crippen molar-refractivity contribution in [3.63, 3.8) is 0 Å². The van der Waals surface area contributed by atoms with Gasteiger partial charge in [-0.1, -0.05) is 24.3 Å². The number of imide groups is 1. The maximum Gasteiger partial charge on any atom is 0.263 e. The SMILES string of the molecule is O=C(C1CCN(c2cccc3c2C(=O)N(Cc2cccnc2)C3=O)CC1)N1CCN(c2ccccc2F)CC1. The van der Waals surface area contributed by atoms with E-state index in [-0.39, 0.29) is 36.0 Å². The first-order valence-electron chi connectivity index (χ1n) is 13.4. The van der Waals surface area contributed by atoms with Crippen LogP contribution >= 0.6 is 0 Å². The standard InChI is InChI=1S/C30H30FN5O3/c31-24-7-1-2-8-25(24)34-15-17-35(18-16-34)28(37)22-10-13-33(14-11-22)26-9-3-6-23-27(26)30(39)36(29(23)38)20-21-5-4-12-32-19-21/h1-9,12,19,22H,10-11,13-18,20H2. The van der Waals surface area contributed by atoms with Crippen molar-refractivity contribution in [2.24, 2.45) is 5.92 Å². The van der Waals surface area contributed by atoms with Gasteiger partial charge in [0.2, 0.25) is 5.91 Å². The topological polar surface area (TPSA) is 77.1 Å². The van der Waals surface area contributed by atoms with Gasteiger partial charge < -0.3 is 14.7 Å². The van der Waals surface area contributed by atoms with Gasteiger partial charge >= 0.3 is 0 Å². The number of aromatic nitrogens is 1. The van der Waals surface area contributed by atoms with Crippen LogP contribution in [-0.2, 0) is 11.3 Å². The Hall–Kier alpha value is -4.27. The lowest BCUT2D eigenvalue weighted by Crippen LogP contribution is -2.52. The molecule has 3 aliphatic heterocycles. The van der Waals surface area contributed by atoms with E-state index in [4.69, 9.17) is 0 Å².